The Balaban J connectivity index is 0.000000195. The standard InChI is InChI=1S/C8H10N2.H2O4S/c9-8-2-1-6-4-10-5-7(6)3-8;1-5(2,3)4/h1-3,10H,4-5,9H2;(H2,1,2,3,4). The second-order valence-corrected chi connectivity index (χ2v) is 3.98. The second kappa shape index (κ2) is 4.58. The summed E-state index contributed by atoms with van der Waals surface area (Å²) in [5, 5.41) is 3.26. The molecule has 1 aliphatic rings. The minimum atomic E-state index is -4.67. The average Bonchev–Trinajstić information content (AvgIpc) is 2.47. The summed E-state index contributed by atoms with van der Waals surface area (Å²) in [6.07, 6.45) is 0. The van der Waals surface area contributed by atoms with Gasteiger partial charge in [-0.05, 0) is 23.3 Å². The largest absolute Gasteiger partial charge is 0.399 e. The van der Waals surface area contributed by atoms with E-state index in [1.807, 2.05) is 12.1 Å². The Morgan fingerprint density at radius 2 is 1.73 bits per heavy atom. The Labute approximate surface area is 87.7 Å². The van der Waals surface area contributed by atoms with E-state index in [4.69, 9.17) is 23.3 Å². The van der Waals surface area contributed by atoms with Crippen LogP contribution >= 0.6 is 0 Å². The van der Waals surface area contributed by atoms with Crippen molar-refractivity contribution in [3.8, 4) is 0 Å². The van der Waals surface area contributed by atoms with Gasteiger partial charge in [0.05, 0.1) is 0 Å². The van der Waals surface area contributed by atoms with Crippen LogP contribution < -0.4 is 11.1 Å². The summed E-state index contributed by atoms with van der Waals surface area (Å²) in [7, 11) is -4.67. The van der Waals surface area contributed by atoms with Gasteiger partial charge >= 0.3 is 10.4 Å². The van der Waals surface area contributed by atoms with Gasteiger partial charge in [-0.25, -0.2) is 0 Å². The summed E-state index contributed by atoms with van der Waals surface area (Å²) in [4.78, 5) is 0. The van der Waals surface area contributed by atoms with Gasteiger partial charge in [0.2, 0.25) is 0 Å². The SMILES string of the molecule is Nc1ccc2c(c1)CNC2.O=S(=O)(O)O. The third-order valence-corrected chi connectivity index (χ3v) is 1.86. The van der Waals surface area contributed by atoms with Crippen LogP contribution in [0.2, 0.25) is 0 Å². The highest BCUT2D eigenvalue weighted by molar-refractivity contribution is 7.79. The van der Waals surface area contributed by atoms with Gasteiger partial charge in [-0.2, -0.15) is 8.42 Å². The highest BCUT2D eigenvalue weighted by Crippen LogP contribution is 2.17. The average molecular weight is 232 g/mol. The summed E-state index contributed by atoms with van der Waals surface area (Å²) >= 11 is 0. The number of nitrogen functional groups attached to an aromatic ring is 1. The van der Waals surface area contributed by atoms with E-state index in [-0.39, 0.29) is 0 Å². The van der Waals surface area contributed by atoms with Crippen LogP contribution in [0.5, 0.6) is 0 Å². The molecule has 5 N–H and O–H groups in total. The first-order valence-electron chi connectivity index (χ1n) is 4.14. The van der Waals surface area contributed by atoms with Crippen molar-refractivity contribution in [1.29, 1.82) is 0 Å². The summed E-state index contributed by atoms with van der Waals surface area (Å²) in [6, 6.07) is 6.08. The van der Waals surface area contributed by atoms with E-state index in [2.05, 4.69) is 11.4 Å². The number of benzene rings is 1. The molecule has 6 nitrogen and oxygen atoms in total. The third kappa shape index (κ3) is 4.75. The van der Waals surface area contributed by atoms with Crippen LogP contribution in [-0.2, 0) is 23.5 Å². The highest BCUT2D eigenvalue weighted by Gasteiger charge is 2.08. The number of hydrogen-bond acceptors (Lipinski definition) is 4. The Morgan fingerprint density at radius 1 is 1.20 bits per heavy atom. The number of rotatable bonds is 0. The fourth-order valence-electron chi connectivity index (χ4n) is 1.31. The monoisotopic (exact) mass is 232 g/mol. The maximum absolute atomic E-state index is 8.74. The van der Waals surface area contributed by atoms with Crippen molar-refractivity contribution in [2.45, 2.75) is 13.1 Å². The first-order valence-corrected chi connectivity index (χ1v) is 5.54. The van der Waals surface area contributed by atoms with E-state index < -0.39 is 10.4 Å². The van der Waals surface area contributed by atoms with Crippen LogP contribution in [-0.4, -0.2) is 17.5 Å². The molecule has 0 saturated carbocycles. The van der Waals surface area contributed by atoms with E-state index in [1.54, 1.807) is 0 Å². The quantitative estimate of drug-likeness (QED) is 0.376. The second-order valence-electron chi connectivity index (χ2n) is 3.08. The van der Waals surface area contributed by atoms with Gasteiger partial charge in [0.15, 0.2) is 0 Å². The highest BCUT2D eigenvalue weighted by atomic mass is 32.3. The Hall–Kier alpha value is -1.15. The van der Waals surface area contributed by atoms with Gasteiger partial charge in [0.1, 0.15) is 0 Å². The van der Waals surface area contributed by atoms with Crippen molar-refractivity contribution in [3.63, 3.8) is 0 Å². The van der Waals surface area contributed by atoms with Gasteiger partial charge in [0.25, 0.3) is 0 Å². The molecule has 1 aromatic carbocycles. The summed E-state index contributed by atoms with van der Waals surface area (Å²) in [5.74, 6) is 0. The lowest BCUT2D eigenvalue weighted by Gasteiger charge is -1.97. The summed E-state index contributed by atoms with van der Waals surface area (Å²) in [6.45, 7) is 1.97. The minimum Gasteiger partial charge on any atom is -0.399 e. The molecule has 2 rings (SSSR count). The maximum Gasteiger partial charge on any atom is 0.394 e. The topological polar surface area (TPSA) is 113 Å². The molecule has 0 aromatic heterocycles. The molecule has 0 aliphatic carbocycles. The molecular formula is C8H12N2O4S. The molecule has 84 valence electrons. The lowest BCUT2D eigenvalue weighted by molar-refractivity contribution is 0.381. The van der Waals surface area contributed by atoms with Crippen molar-refractivity contribution in [2.24, 2.45) is 0 Å². The molecule has 1 aliphatic heterocycles. The smallest absolute Gasteiger partial charge is 0.394 e. The maximum atomic E-state index is 8.74. The van der Waals surface area contributed by atoms with Crippen LogP contribution in [0, 0.1) is 0 Å². The predicted octanol–water partition coefficient (Wildman–Crippen LogP) is 0.219. The van der Waals surface area contributed by atoms with Gasteiger partial charge in [-0.3, -0.25) is 9.11 Å². The van der Waals surface area contributed by atoms with Crippen molar-refractivity contribution in [2.75, 3.05) is 5.73 Å². The van der Waals surface area contributed by atoms with E-state index in [0.29, 0.717) is 0 Å². The molecular weight excluding hydrogens is 220 g/mol. The number of nitrogens with one attached hydrogen (secondary N) is 1. The summed E-state index contributed by atoms with van der Waals surface area (Å²) in [5.41, 5.74) is 9.20. The van der Waals surface area contributed by atoms with Crippen LogP contribution in [0.4, 0.5) is 5.69 Å². The van der Waals surface area contributed by atoms with Gasteiger partial charge in [-0.1, -0.05) is 6.07 Å². The number of anilines is 1. The number of fused-ring (bicyclic) bond motifs is 1. The molecule has 0 spiro atoms. The predicted molar refractivity (Wildman–Crippen MR) is 55.6 cm³/mol. The van der Waals surface area contributed by atoms with Crippen molar-refractivity contribution < 1.29 is 17.5 Å². The zero-order valence-electron chi connectivity index (χ0n) is 7.84. The molecule has 7 heteroatoms. The van der Waals surface area contributed by atoms with Crippen molar-refractivity contribution >= 4 is 16.1 Å². The molecule has 0 fully saturated rings. The van der Waals surface area contributed by atoms with Crippen molar-refractivity contribution in [1.82, 2.24) is 5.32 Å². The number of hydrogen-bond donors (Lipinski definition) is 4. The zero-order chi connectivity index (χ0) is 11.5. The molecule has 0 radical (unpaired) electrons. The fourth-order valence-corrected chi connectivity index (χ4v) is 1.31. The van der Waals surface area contributed by atoms with Crippen LogP contribution in [0.3, 0.4) is 0 Å². The first-order chi connectivity index (χ1) is 6.86. The lowest BCUT2D eigenvalue weighted by atomic mass is 10.1. The Kier molecular flexibility index (Phi) is 3.64. The van der Waals surface area contributed by atoms with Crippen LogP contribution in [0.25, 0.3) is 0 Å². The Morgan fingerprint density at radius 3 is 2.33 bits per heavy atom. The third-order valence-electron chi connectivity index (χ3n) is 1.86. The molecule has 0 amide bonds. The molecule has 0 bridgehead atoms. The van der Waals surface area contributed by atoms with Gasteiger partial charge in [-0.15, -0.1) is 0 Å². The first kappa shape index (κ1) is 11.9. The Bertz CT molecular complexity index is 436. The zero-order valence-corrected chi connectivity index (χ0v) is 8.66. The summed E-state index contributed by atoms with van der Waals surface area (Å²) < 4.78 is 31.6. The van der Waals surface area contributed by atoms with Crippen LogP contribution in [0.1, 0.15) is 11.1 Å². The van der Waals surface area contributed by atoms with Crippen LogP contribution in [0.15, 0.2) is 18.2 Å². The van der Waals surface area contributed by atoms with Gasteiger partial charge < -0.3 is 11.1 Å². The van der Waals surface area contributed by atoms with E-state index >= 15 is 0 Å². The molecule has 15 heavy (non-hydrogen) atoms. The van der Waals surface area contributed by atoms with E-state index in [9.17, 15) is 0 Å². The normalized spacial score (nSPS) is 14.0. The molecule has 0 saturated heterocycles. The minimum absolute atomic E-state index is 0.863. The molecule has 0 unspecified atom stereocenters. The van der Waals surface area contributed by atoms with Crippen molar-refractivity contribution in [3.05, 3.63) is 29.3 Å². The fraction of sp³-hybridized carbons (Fsp3) is 0.250. The lowest BCUT2D eigenvalue weighted by Crippen LogP contribution is -1.99. The van der Waals surface area contributed by atoms with Gasteiger partial charge in [0, 0.05) is 18.8 Å². The molecule has 1 heterocycles. The molecule has 0 atom stereocenters. The van der Waals surface area contributed by atoms with E-state index in [0.717, 1.165) is 18.8 Å². The van der Waals surface area contributed by atoms with E-state index in [1.165, 1.54) is 11.1 Å². The molecule has 1 aromatic rings. The number of nitrogens with two attached hydrogens (primary N) is 1.